The lowest BCUT2D eigenvalue weighted by Crippen LogP contribution is -2.14. The van der Waals surface area contributed by atoms with Crippen molar-refractivity contribution in [2.45, 2.75) is 32.4 Å². The van der Waals surface area contributed by atoms with E-state index in [-0.39, 0.29) is 0 Å². The number of nitrogens with one attached hydrogen (secondary N) is 1. The highest BCUT2D eigenvalue weighted by molar-refractivity contribution is 7.15. The zero-order valence-electron chi connectivity index (χ0n) is 9.94. The second-order valence-corrected chi connectivity index (χ2v) is 5.77. The van der Waals surface area contributed by atoms with Crippen molar-refractivity contribution in [3.63, 3.8) is 0 Å². The van der Waals surface area contributed by atoms with Crippen LogP contribution >= 0.6 is 11.3 Å². The van der Waals surface area contributed by atoms with Crippen LogP contribution in [0.25, 0.3) is 10.6 Å². The fourth-order valence-corrected chi connectivity index (χ4v) is 2.62. The maximum atomic E-state index is 4.49. The molecule has 1 saturated carbocycles. The highest BCUT2D eigenvalue weighted by Gasteiger charge is 2.20. The maximum Gasteiger partial charge on any atom is 0.123 e. The van der Waals surface area contributed by atoms with E-state index in [1.54, 1.807) is 11.3 Å². The van der Waals surface area contributed by atoms with Crippen molar-refractivity contribution in [1.29, 1.82) is 0 Å². The lowest BCUT2D eigenvalue weighted by Gasteiger charge is -1.98. The topological polar surface area (TPSA) is 24.9 Å². The molecule has 3 rings (SSSR count). The van der Waals surface area contributed by atoms with E-state index in [1.165, 1.54) is 28.8 Å². The number of aryl methyl sites for hydroxylation is 1. The molecule has 3 heteroatoms. The van der Waals surface area contributed by atoms with Crippen molar-refractivity contribution in [1.82, 2.24) is 10.3 Å². The van der Waals surface area contributed by atoms with Crippen LogP contribution < -0.4 is 5.32 Å². The highest BCUT2D eigenvalue weighted by Crippen LogP contribution is 2.26. The minimum Gasteiger partial charge on any atom is -0.309 e. The molecule has 0 aliphatic heterocycles. The molecule has 0 unspecified atom stereocenters. The van der Waals surface area contributed by atoms with Crippen LogP contribution in [0.15, 0.2) is 30.5 Å². The average molecular weight is 244 g/mol. The third-order valence-corrected chi connectivity index (χ3v) is 4.04. The van der Waals surface area contributed by atoms with Gasteiger partial charge in [-0.2, -0.15) is 0 Å². The molecule has 1 heterocycles. The highest BCUT2D eigenvalue weighted by atomic mass is 32.1. The van der Waals surface area contributed by atoms with Crippen LogP contribution in [0.1, 0.15) is 23.3 Å². The van der Waals surface area contributed by atoms with Gasteiger partial charge >= 0.3 is 0 Å². The molecule has 0 atom stereocenters. The van der Waals surface area contributed by atoms with Crippen LogP contribution in [0.4, 0.5) is 0 Å². The predicted molar refractivity (Wildman–Crippen MR) is 72.1 cm³/mol. The Balaban J connectivity index is 1.72. The van der Waals surface area contributed by atoms with Gasteiger partial charge in [0.25, 0.3) is 0 Å². The number of thiazole rings is 1. The minimum atomic E-state index is 0.764. The molecule has 1 aliphatic carbocycles. The summed E-state index contributed by atoms with van der Waals surface area (Å²) in [5, 5.41) is 4.64. The summed E-state index contributed by atoms with van der Waals surface area (Å²) in [4.78, 5) is 5.82. The zero-order valence-corrected chi connectivity index (χ0v) is 10.8. The molecule has 0 saturated heterocycles. The molecule has 0 spiro atoms. The van der Waals surface area contributed by atoms with Gasteiger partial charge in [-0.25, -0.2) is 4.98 Å². The second kappa shape index (κ2) is 4.59. The van der Waals surface area contributed by atoms with Crippen LogP contribution in [-0.2, 0) is 6.54 Å². The third kappa shape index (κ3) is 2.73. The van der Waals surface area contributed by atoms with Gasteiger partial charge in [-0.15, -0.1) is 11.3 Å². The van der Waals surface area contributed by atoms with Crippen molar-refractivity contribution in [2.24, 2.45) is 0 Å². The minimum absolute atomic E-state index is 0.764. The van der Waals surface area contributed by atoms with Gasteiger partial charge in [0.15, 0.2) is 0 Å². The second-order valence-electron chi connectivity index (χ2n) is 4.65. The molecule has 17 heavy (non-hydrogen) atoms. The van der Waals surface area contributed by atoms with Crippen LogP contribution in [0, 0.1) is 6.92 Å². The molecule has 1 N–H and O–H groups in total. The molecule has 88 valence electrons. The van der Waals surface area contributed by atoms with Crippen molar-refractivity contribution < 1.29 is 0 Å². The Morgan fingerprint density at radius 3 is 2.76 bits per heavy atom. The molecule has 0 radical (unpaired) electrons. The summed E-state index contributed by atoms with van der Waals surface area (Å²) < 4.78 is 0. The fourth-order valence-electron chi connectivity index (χ4n) is 1.75. The van der Waals surface area contributed by atoms with E-state index in [1.807, 2.05) is 6.20 Å². The quantitative estimate of drug-likeness (QED) is 0.892. The summed E-state index contributed by atoms with van der Waals surface area (Å²) in [5.41, 5.74) is 2.51. The molecule has 0 amide bonds. The fraction of sp³-hybridized carbons (Fsp3) is 0.357. The summed E-state index contributed by atoms with van der Waals surface area (Å²) in [6, 6.07) is 9.33. The van der Waals surface area contributed by atoms with Crippen LogP contribution in [0.3, 0.4) is 0 Å². The van der Waals surface area contributed by atoms with Gasteiger partial charge in [-0.1, -0.05) is 29.8 Å². The molecule has 0 bridgehead atoms. The van der Waals surface area contributed by atoms with Gasteiger partial charge in [0.05, 0.1) is 0 Å². The standard InChI is InChI=1S/C14H16N2S/c1-10-2-4-11(5-3-10)14-16-9-13(17-14)8-15-12-6-7-12/h2-5,9,12,15H,6-8H2,1H3. The van der Waals surface area contributed by atoms with Gasteiger partial charge in [0, 0.05) is 29.2 Å². The Bertz CT molecular complexity index is 497. The number of aromatic nitrogens is 1. The van der Waals surface area contributed by atoms with Crippen molar-refractivity contribution in [3.8, 4) is 10.6 Å². The number of nitrogens with zero attached hydrogens (tertiary/aromatic N) is 1. The number of benzene rings is 1. The molecular formula is C14H16N2S. The summed E-state index contributed by atoms with van der Waals surface area (Å²) in [7, 11) is 0. The first kappa shape index (κ1) is 10.9. The van der Waals surface area contributed by atoms with E-state index in [0.29, 0.717) is 0 Å². The molecule has 1 aromatic carbocycles. The smallest absolute Gasteiger partial charge is 0.123 e. The first-order chi connectivity index (χ1) is 8.31. The monoisotopic (exact) mass is 244 g/mol. The van der Waals surface area contributed by atoms with Crippen molar-refractivity contribution in [3.05, 3.63) is 40.9 Å². The van der Waals surface area contributed by atoms with Crippen LogP contribution in [0.2, 0.25) is 0 Å². The van der Waals surface area contributed by atoms with Gasteiger partial charge < -0.3 is 5.32 Å². The summed E-state index contributed by atoms with van der Waals surface area (Å²) >= 11 is 1.79. The maximum absolute atomic E-state index is 4.49. The average Bonchev–Trinajstić information content (AvgIpc) is 3.06. The van der Waals surface area contributed by atoms with Gasteiger partial charge in [0.1, 0.15) is 5.01 Å². The molecule has 2 aromatic rings. The summed E-state index contributed by atoms with van der Waals surface area (Å²) in [6.45, 7) is 3.07. The van der Waals surface area contributed by atoms with E-state index in [9.17, 15) is 0 Å². The zero-order chi connectivity index (χ0) is 11.7. The Labute approximate surface area is 106 Å². The van der Waals surface area contributed by atoms with Gasteiger partial charge in [-0.3, -0.25) is 0 Å². The summed E-state index contributed by atoms with van der Waals surface area (Å²) in [6.07, 6.45) is 4.67. The molecular weight excluding hydrogens is 228 g/mol. The third-order valence-electron chi connectivity index (χ3n) is 2.99. The number of hydrogen-bond acceptors (Lipinski definition) is 3. The van der Waals surface area contributed by atoms with E-state index in [4.69, 9.17) is 0 Å². The normalized spacial score (nSPS) is 15.1. The largest absolute Gasteiger partial charge is 0.309 e. The molecule has 1 aliphatic rings. The number of rotatable bonds is 4. The van der Waals surface area contributed by atoms with E-state index in [0.717, 1.165) is 17.6 Å². The number of hydrogen-bond donors (Lipinski definition) is 1. The first-order valence-corrected chi connectivity index (χ1v) is 6.88. The van der Waals surface area contributed by atoms with Crippen LogP contribution in [-0.4, -0.2) is 11.0 Å². The van der Waals surface area contributed by atoms with Gasteiger partial charge in [-0.05, 0) is 19.8 Å². The van der Waals surface area contributed by atoms with E-state index < -0.39 is 0 Å². The lowest BCUT2D eigenvalue weighted by molar-refractivity contribution is 0.694. The lowest BCUT2D eigenvalue weighted by atomic mass is 10.2. The SMILES string of the molecule is Cc1ccc(-c2ncc(CNC3CC3)s2)cc1. The van der Waals surface area contributed by atoms with Gasteiger partial charge in [0.2, 0.25) is 0 Å². The molecule has 2 nitrogen and oxygen atoms in total. The Morgan fingerprint density at radius 1 is 1.29 bits per heavy atom. The first-order valence-electron chi connectivity index (χ1n) is 6.06. The van der Waals surface area contributed by atoms with E-state index in [2.05, 4.69) is 41.5 Å². The van der Waals surface area contributed by atoms with Crippen molar-refractivity contribution >= 4 is 11.3 Å². The van der Waals surface area contributed by atoms with Crippen LogP contribution in [0.5, 0.6) is 0 Å². The molecule has 1 aromatic heterocycles. The van der Waals surface area contributed by atoms with E-state index >= 15 is 0 Å². The Hall–Kier alpha value is -1.19. The summed E-state index contributed by atoms with van der Waals surface area (Å²) in [5.74, 6) is 0. The molecule has 1 fully saturated rings. The Kier molecular flexibility index (Phi) is 2.95. The van der Waals surface area contributed by atoms with Crippen molar-refractivity contribution in [2.75, 3.05) is 0 Å². The Morgan fingerprint density at radius 2 is 2.06 bits per heavy atom. The predicted octanol–water partition coefficient (Wildman–Crippen LogP) is 3.37.